The van der Waals surface area contributed by atoms with E-state index >= 15 is 0 Å². The molecular formula is C26H20N4O3. The summed E-state index contributed by atoms with van der Waals surface area (Å²) in [4.78, 5) is 42.3. The lowest BCUT2D eigenvalue weighted by atomic mass is 10.1. The zero-order chi connectivity index (χ0) is 22.8. The van der Waals surface area contributed by atoms with Crippen molar-refractivity contribution in [1.29, 1.82) is 0 Å². The van der Waals surface area contributed by atoms with Crippen LogP contribution in [0.3, 0.4) is 0 Å². The molecule has 0 radical (unpaired) electrons. The van der Waals surface area contributed by atoms with Gasteiger partial charge in [0.2, 0.25) is 0 Å². The number of hydrogen-bond acceptors (Lipinski definition) is 4. The fourth-order valence-corrected chi connectivity index (χ4v) is 3.89. The molecule has 0 aliphatic rings. The number of anilines is 1. The molecule has 2 aromatic heterocycles. The lowest BCUT2D eigenvalue weighted by molar-refractivity contribution is 0.0976. The van der Waals surface area contributed by atoms with E-state index in [2.05, 4.69) is 10.3 Å². The molecule has 0 saturated heterocycles. The first-order valence-corrected chi connectivity index (χ1v) is 10.5. The topological polar surface area (TPSA) is 85.5 Å². The van der Waals surface area contributed by atoms with Crippen molar-refractivity contribution >= 4 is 33.9 Å². The second kappa shape index (κ2) is 8.55. The zero-order valence-electron chi connectivity index (χ0n) is 17.6. The van der Waals surface area contributed by atoms with E-state index in [0.717, 1.165) is 5.52 Å². The number of nitrogens with zero attached hydrogens (tertiary/aromatic N) is 3. The van der Waals surface area contributed by atoms with Crippen molar-refractivity contribution in [3.63, 3.8) is 0 Å². The molecule has 7 nitrogen and oxygen atoms in total. The number of benzene rings is 3. The van der Waals surface area contributed by atoms with Crippen molar-refractivity contribution in [2.75, 3.05) is 5.32 Å². The first-order valence-electron chi connectivity index (χ1n) is 10.5. The maximum absolute atomic E-state index is 13.0. The summed E-state index contributed by atoms with van der Waals surface area (Å²) in [5.74, 6) is -0.302. The van der Waals surface area contributed by atoms with Gasteiger partial charge >= 0.3 is 0 Å². The Morgan fingerprint density at radius 3 is 2.36 bits per heavy atom. The number of amides is 1. The Balaban J connectivity index is 1.32. The van der Waals surface area contributed by atoms with Gasteiger partial charge in [0, 0.05) is 29.8 Å². The van der Waals surface area contributed by atoms with Gasteiger partial charge in [-0.3, -0.25) is 23.4 Å². The Kier molecular flexibility index (Phi) is 5.28. The van der Waals surface area contributed by atoms with Gasteiger partial charge in [-0.25, -0.2) is 4.98 Å². The van der Waals surface area contributed by atoms with Crippen LogP contribution in [0.15, 0.2) is 96.2 Å². The lowest BCUT2D eigenvalue weighted by Crippen LogP contribution is -2.24. The van der Waals surface area contributed by atoms with Crippen LogP contribution in [0.4, 0.5) is 5.69 Å². The molecule has 33 heavy (non-hydrogen) atoms. The van der Waals surface area contributed by atoms with E-state index in [-0.39, 0.29) is 30.2 Å². The Labute approximate surface area is 188 Å². The number of aryl methyl sites for hydroxylation is 1. The molecule has 0 atom stereocenters. The highest BCUT2D eigenvalue weighted by Gasteiger charge is 2.13. The normalized spacial score (nSPS) is 11.0. The molecule has 1 N–H and O–H groups in total. The largest absolute Gasteiger partial charge is 0.322 e. The predicted molar refractivity (Wildman–Crippen MR) is 127 cm³/mol. The third-order valence-corrected chi connectivity index (χ3v) is 5.60. The summed E-state index contributed by atoms with van der Waals surface area (Å²) >= 11 is 0. The van der Waals surface area contributed by atoms with Crippen LogP contribution in [-0.4, -0.2) is 25.6 Å². The van der Waals surface area contributed by atoms with E-state index in [1.165, 1.54) is 0 Å². The van der Waals surface area contributed by atoms with Gasteiger partial charge in [0.25, 0.3) is 11.5 Å². The van der Waals surface area contributed by atoms with Crippen LogP contribution in [0.5, 0.6) is 0 Å². The zero-order valence-corrected chi connectivity index (χ0v) is 17.6. The molecule has 0 bridgehead atoms. The van der Waals surface area contributed by atoms with Crippen LogP contribution in [0.25, 0.3) is 16.6 Å². The van der Waals surface area contributed by atoms with E-state index < -0.39 is 0 Å². The van der Waals surface area contributed by atoms with Gasteiger partial charge in [-0.15, -0.1) is 0 Å². The summed E-state index contributed by atoms with van der Waals surface area (Å²) in [5.41, 5.74) is 2.96. The minimum absolute atomic E-state index is 0.0892. The molecule has 3 aromatic carbocycles. The molecule has 5 rings (SSSR count). The van der Waals surface area contributed by atoms with Gasteiger partial charge in [0.15, 0.2) is 5.78 Å². The molecule has 0 fully saturated rings. The molecule has 2 heterocycles. The summed E-state index contributed by atoms with van der Waals surface area (Å²) < 4.78 is 3.44. The van der Waals surface area contributed by atoms with E-state index in [1.54, 1.807) is 71.7 Å². The van der Waals surface area contributed by atoms with Crippen LogP contribution in [0.2, 0.25) is 0 Å². The number of Topliss-reactive ketones (excluding diaryl/α,β-unsaturated/α-hetero) is 1. The van der Waals surface area contributed by atoms with Crippen molar-refractivity contribution in [3.8, 4) is 0 Å². The summed E-state index contributed by atoms with van der Waals surface area (Å²) in [6.07, 6.45) is 3.45. The van der Waals surface area contributed by atoms with Gasteiger partial charge < -0.3 is 5.32 Å². The minimum atomic E-state index is -0.213. The van der Waals surface area contributed by atoms with Crippen LogP contribution >= 0.6 is 0 Å². The second-order valence-corrected chi connectivity index (χ2v) is 7.67. The first-order chi connectivity index (χ1) is 16.1. The Hall–Kier alpha value is -4.52. The van der Waals surface area contributed by atoms with Gasteiger partial charge in [-0.05, 0) is 48.5 Å². The molecule has 0 spiro atoms. The van der Waals surface area contributed by atoms with Crippen LogP contribution < -0.4 is 10.9 Å². The van der Waals surface area contributed by atoms with Crippen LogP contribution in [0.1, 0.15) is 27.1 Å². The SMILES string of the molecule is O=C(CCn1c(=O)c2ccccc2n2cncc12)c1ccc(NC(=O)c2ccccc2)cc1. The highest BCUT2D eigenvalue weighted by molar-refractivity contribution is 6.04. The number of imidazole rings is 1. The van der Waals surface area contributed by atoms with E-state index in [4.69, 9.17) is 0 Å². The molecule has 7 heteroatoms. The summed E-state index contributed by atoms with van der Waals surface area (Å²) in [6.45, 7) is 0.240. The molecular weight excluding hydrogens is 416 g/mol. The summed E-state index contributed by atoms with van der Waals surface area (Å²) in [6, 6.07) is 23.0. The number of aromatic nitrogens is 3. The molecule has 0 unspecified atom stereocenters. The third-order valence-electron chi connectivity index (χ3n) is 5.60. The lowest BCUT2D eigenvalue weighted by Gasteiger charge is -2.11. The number of carbonyl (C=O) groups excluding carboxylic acids is 2. The number of nitrogens with one attached hydrogen (secondary N) is 1. The molecule has 0 aliphatic heterocycles. The van der Waals surface area contributed by atoms with Gasteiger partial charge in [0.1, 0.15) is 12.0 Å². The molecule has 0 aliphatic carbocycles. The average molecular weight is 436 g/mol. The van der Waals surface area contributed by atoms with Crippen molar-refractivity contribution in [2.45, 2.75) is 13.0 Å². The number of para-hydroxylation sites is 1. The van der Waals surface area contributed by atoms with Crippen LogP contribution in [0, 0.1) is 0 Å². The maximum Gasteiger partial charge on any atom is 0.261 e. The molecule has 162 valence electrons. The number of ketones is 1. The van der Waals surface area contributed by atoms with E-state index in [9.17, 15) is 14.4 Å². The fraction of sp³-hybridized carbons (Fsp3) is 0.0769. The highest BCUT2D eigenvalue weighted by Crippen LogP contribution is 2.16. The van der Waals surface area contributed by atoms with Crippen molar-refractivity contribution in [2.24, 2.45) is 0 Å². The number of rotatable bonds is 6. The average Bonchev–Trinajstić information content (AvgIpc) is 3.35. The van der Waals surface area contributed by atoms with Gasteiger partial charge in [-0.1, -0.05) is 30.3 Å². The van der Waals surface area contributed by atoms with Crippen LogP contribution in [-0.2, 0) is 6.54 Å². The molecule has 1 amide bonds. The summed E-state index contributed by atoms with van der Waals surface area (Å²) in [7, 11) is 0. The smallest absolute Gasteiger partial charge is 0.261 e. The van der Waals surface area contributed by atoms with Crippen molar-refractivity contribution < 1.29 is 9.59 Å². The molecule has 5 aromatic rings. The standard InChI is InChI=1S/C26H20N4O3/c31-23(18-10-12-20(13-11-18)28-25(32)19-6-2-1-3-7-19)14-15-29-24-16-27-17-30(24)22-9-5-4-8-21(22)26(29)33/h1-13,16-17H,14-15H2,(H,28,32). The van der Waals surface area contributed by atoms with Crippen molar-refractivity contribution in [1.82, 2.24) is 14.0 Å². The monoisotopic (exact) mass is 436 g/mol. The second-order valence-electron chi connectivity index (χ2n) is 7.67. The minimum Gasteiger partial charge on any atom is -0.322 e. The van der Waals surface area contributed by atoms with Gasteiger partial charge in [0.05, 0.1) is 17.1 Å². The Bertz CT molecular complexity index is 1530. The quantitative estimate of drug-likeness (QED) is 0.405. The van der Waals surface area contributed by atoms with E-state index in [1.807, 2.05) is 28.7 Å². The number of hydrogen-bond donors (Lipinski definition) is 1. The fourth-order valence-electron chi connectivity index (χ4n) is 3.89. The Morgan fingerprint density at radius 2 is 1.58 bits per heavy atom. The first kappa shape index (κ1) is 20.4. The summed E-state index contributed by atoms with van der Waals surface area (Å²) in [5, 5.41) is 3.40. The highest BCUT2D eigenvalue weighted by atomic mass is 16.2. The number of fused-ring (bicyclic) bond motifs is 3. The maximum atomic E-state index is 13.0. The van der Waals surface area contributed by atoms with Crippen molar-refractivity contribution in [3.05, 3.63) is 113 Å². The third kappa shape index (κ3) is 3.92. The predicted octanol–water partition coefficient (Wildman–Crippen LogP) is 4.17. The van der Waals surface area contributed by atoms with E-state index in [0.29, 0.717) is 27.8 Å². The Morgan fingerprint density at radius 1 is 0.848 bits per heavy atom. The molecule has 0 saturated carbocycles. The van der Waals surface area contributed by atoms with Gasteiger partial charge in [-0.2, -0.15) is 0 Å². The number of carbonyl (C=O) groups is 2.